The Morgan fingerprint density at radius 2 is 1.62 bits per heavy atom. The zero-order valence-electron chi connectivity index (χ0n) is 13.7. The fourth-order valence-corrected chi connectivity index (χ4v) is 2.78. The van der Waals surface area contributed by atoms with Crippen LogP contribution in [-0.2, 0) is 9.59 Å². The number of nitrogens with one attached hydrogen (secondary N) is 2. The molecule has 1 aliphatic rings. The Hall–Kier alpha value is -3.19. The molecule has 0 unspecified atom stereocenters. The first-order chi connectivity index (χ1) is 12.4. The number of amides is 4. The number of hydrogen-bond acceptors (Lipinski definition) is 4. The molecule has 1 aliphatic heterocycles. The SMILES string of the molecule is CC(=O)Nc1ccc(Cl)c(NC(=O)CN2C(=O)c3ccccc3C2=O)c1. The van der Waals surface area contributed by atoms with E-state index in [9.17, 15) is 19.2 Å². The molecule has 0 saturated carbocycles. The number of anilines is 2. The second-order valence-corrected chi connectivity index (χ2v) is 6.07. The first-order valence-corrected chi connectivity index (χ1v) is 8.07. The number of carbonyl (C=O) groups is 4. The highest BCUT2D eigenvalue weighted by atomic mass is 35.5. The minimum Gasteiger partial charge on any atom is -0.326 e. The Kier molecular flexibility index (Phi) is 4.73. The molecule has 2 N–H and O–H groups in total. The van der Waals surface area contributed by atoms with Crippen molar-refractivity contribution in [3.8, 4) is 0 Å². The van der Waals surface area contributed by atoms with Gasteiger partial charge in [0, 0.05) is 12.6 Å². The number of imide groups is 1. The molecule has 2 aromatic carbocycles. The number of fused-ring (bicyclic) bond motifs is 1. The van der Waals surface area contributed by atoms with Crippen molar-refractivity contribution in [1.82, 2.24) is 4.90 Å². The summed E-state index contributed by atoms with van der Waals surface area (Å²) in [6.45, 7) is 0.919. The van der Waals surface area contributed by atoms with Crippen LogP contribution >= 0.6 is 11.6 Å². The van der Waals surface area contributed by atoms with Gasteiger partial charge >= 0.3 is 0 Å². The van der Waals surface area contributed by atoms with Gasteiger partial charge in [0.15, 0.2) is 0 Å². The van der Waals surface area contributed by atoms with Crippen molar-refractivity contribution in [2.75, 3.05) is 17.2 Å². The van der Waals surface area contributed by atoms with E-state index in [1.54, 1.807) is 30.3 Å². The summed E-state index contributed by atoms with van der Waals surface area (Å²) in [5.41, 5.74) is 1.27. The van der Waals surface area contributed by atoms with Crippen LogP contribution in [0.3, 0.4) is 0 Å². The van der Waals surface area contributed by atoms with Crippen LogP contribution in [0, 0.1) is 0 Å². The van der Waals surface area contributed by atoms with E-state index < -0.39 is 24.3 Å². The topological polar surface area (TPSA) is 95.6 Å². The highest BCUT2D eigenvalue weighted by Crippen LogP contribution is 2.26. The minimum atomic E-state index is -0.582. The number of hydrogen-bond donors (Lipinski definition) is 2. The zero-order valence-corrected chi connectivity index (χ0v) is 14.5. The van der Waals surface area contributed by atoms with Gasteiger partial charge in [-0.25, -0.2) is 0 Å². The normalized spacial score (nSPS) is 12.8. The van der Waals surface area contributed by atoms with Gasteiger partial charge in [-0.2, -0.15) is 0 Å². The molecule has 0 spiro atoms. The van der Waals surface area contributed by atoms with Gasteiger partial charge in [-0.3, -0.25) is 24.1 Å². The smallest absolute Gasteiger partial charge is 0.262 e. The molecule has 8 heteroatoms. The number of nitrogens with zero attached hydrogens (tertiary/aromatic N) is 1. The van der Waals surface area contributed by atoms with Gasteiger partial charge in [-0.05, 0) is 30.3 Å². The lowest BCUT2D eigenvalue weighted by Crippen LogP contribution is -2.37. The van der Waals surface area contributed by atoms with Crippen molar-refractivity contribution in [1.29, 1.82) is 0 Å². The molecule has 132 valence electrons. The van der Waals surface area contributed by atoms with Gasteiger partial charge in [0.1, 0.15) is 6.54 Å². The lowest BCUT2D eigenvalue weighted by molar-refractivity contribution is -0.116. The molecular weight excluding hydrogens is 358 g/mol. The summed E-state index contributed by atoms with van der Waals surface area (Å²) in [6, 6.07) is 11.0. The second-order valence-electron chi connectivity index (χ2n) is 5.67. The maximum atomic E-state index is 12.3. The van der Waals surface area contributed by atoms with Crippen molar-refractivity contribution in [2.24, 2.45) is 0 Å². The van der Waals surface area contributed by atoms with Crippen LogP contribution in [0.5, 0.6) is 0 Å². The van der Waals surface area contributed by atoms with Crippen molar-refractivity contribution in [3.05, 3.63) is 58.6 Å². The average Bonchev–Trinajstić information content (AvgIpc) is 2.83. The summed E-state index contributed by atoms with van der Waals surface area (Å²) >= 11 is 6.05. The molecular formula is C18H14ClN3O4. The van der Waals surface area contributed by atoms with Crippen LogP contribution in [0.15, 0.2) is 42.5 Å². The Bertz CT molecular complexity index is 907. The Balaban J connectivity index is 1.73. The molecule has 2 aromatic rings. The third kappa shape index (κ3) is 3.43. The minimum absolute atomic E-state index is 0.259. The summed E-state index contributed by atoms with van der Waals surface area (Å²) in [4.78, 5) is 48.9. The van der Waals surface area contributed by atoms with Crippen molar-refractivity contribution >= 4 is 46.6 Å². The van der Waals surface area contributed by atoms with Crippen LogP contribution in [0.4, 0.5) is 11.4 Å². The van der Waals surface area contributed by atoms with Crippen LogP contribution in [0.1, 0.15) is 27.6 Å². The predicted octanol–water partition coefficient (Wildman–Crippen LogP) is 2.53. The highest BCUT2D eigenvalue weighted by molar-refractivity contribution is 6.34. The largest absolute Gasteiger partial charge is 0.326 e. The van der Waals surface area contributed by atoms with E-state index in [2.05, 4.69) is 10.6 Å². The van der Waals surface area contributed by atoms with Gasteiger partial charge < -0.3 is 10.6 Å². The molecule has 1 heterocycles. The number of benzene rings is 2. The number of rotatable bonds is 4. The first kappa shape index (κ1) is 17.6. The van der Waals surface area contributed by atoms with Crippen molar-refractivity contribution < 1.29 is 19.2 Å². The second kappa shape index (κ2) is 6.97. The van der Waals surface area contributed by atoms with E-state index in [-0.39, 0.29) is 27.7 Å². The van der Waals surface area contributed by atoms with Gasteiger partial charge in [0.2, 0.25) is 11.8 Å². The summed E-state index contributed by atoms with van der Waals surface area (Å²) in [5, 5.41) is 5.39. The molecule has 7 nitrogen and oxygen atoms in total. The highest BCUT2D eigenvalue weighted by Gasteiger charge is 2.36. The van der Waals surface area contributed by atoms with E-state index in [0.717, 1.165) is 4.90 Å². The van der Waals surface area contributed by atoms with Gasteiger partial charge in [-0.15, -0.1) is 0 Å². The van der Waals surface area contributed by atoms with E-state index in [1.807, 2.05) is 0 Å². The first-order valence-electron chi connectivity index (χ1n) is 7.69. The molecule has 0 atom stereocenters. The van der Waals surface area contributed by atoms with Gasteiger partial charge in [-0.1, -0.05) is 23.7 Å². The van der Waals surface area contributed by atoms with Crippen LogP contribution in [0.2, 0.25) is 5.02 Å². The van der Waals surface area contributed by atoms with Gasteiger partial charge in [0.25, 0.3) is 11.8 Å². The third-order valence-electron chi connectivity index (χ3n) is 3.74. The molecule has 0 fully saturated rings. The fraction of sp³-hybridized carbons (Fsp3) is 0.111. The monoisotopic (exact) mass is 371 g/mol. The van der Waals surface area contributed by atoms with E-state index in [4.69, 9.17) is 11.6 Å². The predicted molar refractivity (Wildman–Crippen MR) is 96.2 cm³/mol. The Morgan fingerprint density at radius 1 is 1.00 bits per heavy atom. The van der Waals surface area contributed by atoms with Crippen molar-refractivity contribution in [2.45, 2.75) is 6.92 Å². The molecule has 3 rings (SSSR count). The standard InChI is InChI=1S/C18H14ClN3O4/c1-10(23)20-11-6-7-14(19)15(8-11)21-16(24)9-22-17(25)12-4-2-3-5-13(12)18(22)26/h2-8H,9H2,1H3,(H,20,23)(H,21,24). The summed E-state index contributed by atoms with van der Waals surface area (Å²) in [5.74, 6) is -1.88. The van der Waals surface area contributed by atoms with Gasteiger partial charge in [0.05, 0.1) is 21.8 Å². The van der Waals surface area contributed by atoms with Crippen LogP contribution in [0.25, 0.3) is 0 Å². The van der Waals surface area contributed by atoms with E-state index in [1.165, 1.54) is 19.1 Å². The maximum absolute atomic E-state index is 12.3. The molecule has 0 aliphatic carbocycles. The molecule has 0 saturated heterocycles. The van der Waals surface area contributed by atoms with Crippen LogP contribution in [-0.4, -0.2) is 35.1 Å². The maximum Gasteiger partial charge on any atom is 0.262 e. The molecule has 0 aromatic heterocycles. The quantitative estimate of drug-likeness (QED) is 0.807. The van der Waals surface area contributed by atoms with Crippen molar-refractivity contribution in [3.63, 3.8) is 0 Å². The molecule has 0 radical (unpaired) electrons. The van der Waals surface area contributed by atoms with E-state index >= 15 is 0 Å². The lowest BCUT2D eigenvalue weighted by atomic mass is 10.1. The molecule has 0 bridgehead atoms. The average molecular weight is 372 g/mol. The number of carbonyl (C=O) groups excluding carboxylic acids is 4. The number of halogens is 1. The third-order valence-corrected chi connectivity index (χ3v) is 4.07. The molecule has 4 amide bonds. The Labute approximate surface area is 153 Å². The summed E-state index contributed by atoms with van der Waals surface area (Å²) in [7, 11) is 0. The lowest BCUT2D eigenvalue weighted by Gasteiger charge is -2.15. The summed E-state index contributed by atoms with van der Waals surface area (Å²) < 4.78 is 0. The van der Waals surface area contributed by atoms with E-state index in [0.29, 0.717) is 5.69 Å². The Morgan fingerprint density at radius 3 is 2.19 bits per heavy atom. The van der Waals surface area contributed by atoms with Crippen LogP contribution < -0.4 is 10.6 Å². The molecule has 26 heavy (non-hydrogen) atoms. The summed E-state index contributed by atoms with van der Waals surface area (Å²) in [6.07, 6.45) is 0. The zero-order chi connectivity index (χ0) is 18.8. The fourth-order valence-electron chi connectivity index (χ4n) is 2.62.